The molecule has 0 aromatic carbocycles. The number of nitrogens with zero attached hydrogens (tertiary/aromatic N) is 2. The Morgan fingerprint density at radius 1 is 2.00 bits per heavy atom. The Balaban J connectivity index is 2.99. The van der Waals surface area contributed by atoms with E-state index in [0.717, 1.165) is 0 Å². The van der Waals surface area contributed by atoms with Gasteiger partial charge in [0.2, 0.25) is 0 Å². The van der Waals surface area contributed by atoms with Crippen LogP contribution < -0.4 is 0 Å². The fourth-order valence-electron chi connectivity index (χ4n) is 0.702. The summed E-state index contributed by atoms with van der Waals surface area (Å²) in [4.78, 5) is 15.1. The van der Waals surface area contributed by atoms with E-state index in [4.69, 9.17) is 10.4 Å². The van der Waals surface area contributed by atoms with Crippen molar-refractivity contribution in [2.45, 2.75) is 6.92 Å². The zero-order valence-electron chi connectivity index (χ0n) is 5.87. The van der Waals surface area contributed by atoms with Crippen LogP contribution in [0.1, 0.15) is 6.92 Å². The number of nitriles is 1. The van der Waals surface area contributed by atoms with Crippen LogP contribution in [0.4, 0.5) is 0 Å². The third-order valence-electron chi connectivity index (χ3n) is 1.61. The van der Waals surface area contributed by atoms with E-state index in [-0.39, 0.29) is 12.3 Å². The van der Waals surface area contributed by atoms with Gasteiger partial charge < -0.3 is 9.94 Å². The molecule has 0 fully saturated rings. The van der Waals surface area contributed by atoms with Gasteiger partial charge in [-0.05, 0) is 6.92 Å². The zero-order valence-corrected chi connectivity index (χ0v) is 5.87. The fraction of sp³-hybridized carbons (Fsp3) is 0.500. The van der Waals surface area contributed by atoms with Crippen LogP contribution in [0.3, 0.4) is 0 Å². The highest BCUT2D eigenvalue weighted by atomic mass is 16.6. The van der Waals surface area contributed by atoms with Crippen LogP contribution in [0.5, 0.6) is 0 Å². The minimum Gasteiger partial charge on any atom is -0.480 e. The van der Waals surface area contributed by atoms with E-state index >= 15 is 0 Å². The summed E-state index contributed by atoms with van der Waals surface area (Å²) < 4.78 is 0. The molecule has 0 aliphatic carbocycles. The van der Waals surface area contributed by atoms with Gasteiger partial charge in [0.25, 0.3) is 0 Å². The maximum absolute atomic E-state index is 10.6. The third kappa shape index (κ3) is 0.923. The molecule has 1 aliphatic rings. The van der Waals surface area contributed by atoms with Gasteiger partial charge in [-0.25, -0.2) is 0 Å². The van der Waals surface area contributed by atoms with Crippen molar-refractivity contribution in [3.8, 4) is 6.07 Å². The molecule has 5 nitrogen and oxygen atoms in total. The van der Waals surface area contributed by atoms with Gasteiger partial charge in [0, 0.05) is 0 Å². The van der Waals surface area contributed by atoms with E-state index < -0.39 is 11.4 Å². The minimum absolute atomic E-state index is 0.0643. The molecule has 1 atom stereocenters. The highest BCUT2D eigenvalue weighted by molar-refractivity contribution is 6.14. The lowest BCUT2D eigenvalue weighted by Gasteiger charge is -2.12. The first kappa shape index (κ1) is 7.54. The van der Waals surface area contributed by atoms with Gasteiger partial charge in [-0.15, -0.1) is 0 Å². The van der Waals surface area contributed by atoms with Crippen molar-refractivity contribution in [2.75, 3.05) is 6.61 Å². The average Bonchev–Trinajstić information content (AvgIpc) is 2.32. The molecular weight excluding hydrogens is 148 g/mol. The summed E-state index contributed by atoms with van der Waals surface area (Å²) in [6.45, 7) is 1.34. The van der Waals surface area contributed by atoms with E-state index in [1.807, 2.05) is 0 Å². The second kappa shape index (κ2) is 2.23. The molecule has 5 heteroatoms. The summed E-state index contributed by atoms with van der Waals surface area (Å²) in [6.07, 6.45) is 0. The van der Waals surface area contributed by atoms with Gasteiger partial charge >= 0.3 is 5.97 Å². The summed E-state index contributed by atoms with van der Waals surface area (Å²) in [6, 6.07) is 1.68. The highest BCUT2D eigenvalue weighted by Gasteiger charge is 2.44. The number of carbonyl (C=O) groups is 1. The first-order valence-electron chi connectivity index (χ1n) is 2.95. The summed E-state index contributed by atoms with van der Waals surface area (Å²) in [5, 5.41) is 20.4. The summed E-state index contributed by atoms with van der Waals surface area (Å²) in [5.74, 6) is -1.09. The first-order valence-corrected chi connectivity index (χ1v) is 2.95. The van der Waals surface area contributed by atoms with Crippen molar-refractivity contribution in [3.05, 3.63) is 0 Å². The van der Waals surface area contributed by atoms with Crippen LogP contribution >= 0.6 is 0 Å². The molecule has 0 radical (unpaired) electrons. The molecule has 1 unspecified atom stereocenters. The molecule has 1 N–H and O–H groups in total. The van der Waals surface area contributed by atoms with E-state index in [2.05, 4.69) is 9.99 Å². The maximum Gasteiger partial charge on any atom is 0.320 e. The van der Waals surface area contributed by atoms with Gasteiger partial charge in [-0.3, -0.25) is 4.79 Å². The summed E-state index contributed by atoms with van der Waals surface area (Å²) in [5.41, 5.74) is -1.33. The Bertz CT molecular complexity index is 265. The molecule has 58 valence electrons. The fourth-order valence-corrected chi connectivity index (χ4v) is 0.702. The Kier molecular flexibility index (Phi) is 1.53. The average molecular weight is 154 g/mol. The Morgan fingerprint density at radius 2 is 2.64 bits per heavy atom. The predicted molar refractivity (Wildman–Crippen MR) is 34.7 cm³/mol. The molecule has 1 heterocycles. The number of oxime groups is 1. The molecule has 1 rings (SSSR count). The monoisotopic (exact) mass is 154 g/mol. The van der Waals surface area contributed by atoms with Crippen molar-refractivity contribution in [1.29, 1.82) is 5.26 Å². The maximum atomic E-state index is 10.6. The number of carboxylic acid groups (broad SMARTS) is 1. The van der Waals surface area contributed by atoms with E-state index in [0.29, 0.717) is 0 Å². The van der Waals surface area contributed by atoms with E-state index in [1.54, 1.807) is 6.07 Å². The van der Waals surface area contributed by atoms with Gasteiger partial charge in [0.05, 0.1) is 0 Å². The molecule has 0 aromatic heterocycles. The largest absolute Gasteiger partial charge is 0.480 e. The quantitative estimate of drug-likeness (QED) is 0.575. The number of rotatable bonds is 1. The van der Waals surface area contributed by atoms with E-state index in [1.165, 1.54) is 6.92 Å². The lowest BCUT2D eigenvalue weighted by atomic mass is 9.87. The second-order valence-corrected chi connectivity index (χ2v) is 2.46. The molecule has 0 amide bonds. The van der Waals surface area contributed by atoms with Crippen molar-refractivity contribution < 1.29 is 14.7 Å². The van der Waals surface area contributed by atoms with Crippen LogP contribution in [-0.2, 0) is 9.63 Å². The number of aliphatic carboxylic acids is 1. The van der Waals surface area contributed by atoms with E-state index in [9.17, 15) is 4.79 Å². The Morgan fingerprint density at radius 3 is 3.00 bits per heavy atom. The Labute approximate surface area is 62.9 Å². The standard InChI is InChI=1S/C6H6N2O3/c1-6(5(9)10)3-11-8-4(6)2-7/h3H2,1H3,(H,9,10). The minimum atomic E-state index is -1.26. The third-order valence-corrected chi connectivity index (χ3v) is 1.61. The summed E-state index contributed by atoms with van der Waals surface area (Å²) in [7, 11) is 0. The van der Waals surface area contributed by atoms with Crippen molar-refractivity contribution in [2.24, 2.45) is 10.6 Å². The van der Waals surface area contributed by atoms with Crippen LogP contribution in [0, 0.1) is 16.7 Å². The van der Waals surface area contributed by atoms with Gasteiger partial charge in [-0.1, -0.05) is 5.16 Å². The second-order valence-electron chi connectivity index (χ2n) is 2.46. The van der Waals surface area contributed by atoms with Crippen molar-refractivity contribution in [1.82, 2.24) is 0 Å². The zero-order chi connectivity index (χ0) is 8.48. The lowest BCUT2D eigenvalue weighted by Crippen LogP contribution is -2.35. The molecule has 11 heavy (non-hydrogen) atoms. The molecule has 0 saturated carbocycles. The number of carboxylic acids is 1. The molecule has 0 spiro atoms. The number of hydrogen-bond donors (Lipinski definition) is 1. The van der Waals surface area contributed by atoms with Gasteiger partial charge in [0.15, 0.2) is 11.1 Å². The van der Waals surface area contributed by atoms with Gasteiger partial charge in [-0.2, -0.15) is 5.26 Å². The smallest absolute Gasteiger partial charge is 0.320 e. The topological polar surface area (TPSA) is 82.7 Å². The summed E-state index contributed by atoms with van der Waals surface area (Å²) >= 11 is 0. The normalized spacial score (nSPS) is 28.5. The van der Waals surface area contributed by atoms with Crippen LogP contribution in [0.15, 0.2) is 5.16 Å². The molecule has 1 aliphatic heterocycles. The number of hydrogen-bond acceptors (Lipinski definition) is 4. The lowest BCUT2D eigenvalue weighted by molar-refractivity contribution is -0.145. The molecule has 0 bridgehead atoms. The molecule has 0 saturated heterocycles. The van der Waals surface area contributed by atoms with Crippen molar-refractivity contribution in [3.63, 3.8) is 0 Å². The van der Waals surface area contributed by atoms with Crippen LogP contribution in [-0.4, -0.2) is 23.4 Å². The van der Waals surface area contributed by atoms with Crippen LogP contribution in [0.2, 0.25) is 0 Å². The SMILES string of the molecule is CC1(C(=O)O)CON=C1C#N. The first-order chi connectivity index (χ1) is 5.11. The molecular formula is C6H6N2O3. The Hall–Kier alpha value is -1.57. The van der Waals surface area contributed by atoms with Crippen LogP contribution in [0.25, 0.3) is 0 Å². The van der Waals surface area contributed by atoms with Crippen molar-refractivity contribution >= 4 is 11.7 Å². The highest BCUT2D eigenvalue weighted by Crippen LogP contribution is 2.24. The predicted octanol–water partition coefficient (Wildman–Crippen LogP) is -0.0129. The van der Waals surface area contributed by atoms with Gasteiger partial charge in [0.1, 0.15) is 12.7 Å². The molecule has 0 aromatic rings.